The molecule has 0 saturated carbocycles. The molecule has 1 fully saturated rings. The Hall–Kier alpha value is -1.18. The lowest BCUT2D eigenvalue weighted by Crippen LogP contribution is -2.35. The van der Waals surface area contributed by atoms with E-state index >= 15 is 0 Å². The van der Waals surface area contributed by atoms with Gasteiger partial charge in [-0.25, -0.2) is 18.1 Å². The van der Waals surface area contributed by atoms with Gasteiger partial charge in [0.05, 0.1) is 11.5 Å². The molecular weight excluding hydrogens is 266 g/mol. The van der Waals surface area contributed by atoms with Crippen molar-refractivity contribution in [3.63, 3.8) is 0 Å². The molecule has 1 aromatic heterocycles. The number of sulfonamides is 1. The maximum atomic E-state index is 12.2. The van der Waals surface area contributed by atoms with Crippen molar-refractivity contribution in [3.8, 4) is 0 Å². The molecule has 1 aliphatic rings. The van der Waals surface area contributed by atoms with Crippen LogP contribution in [0.5, 0.6) is 0 Å². The highest BCUT2D eigenvalue weighted by Crippen LogP contribution is 2.15. The van der Waals surface area contributed by atoms with E-state index in [-0.39, 0.29) is 10.9 Å². The van der Waals surface area contributed by atoms with Crippen LogP contribution in [0, 0.1) is 0 Å². The lowest BCUT2D eigenvalue weighted by molar-refractivity contribution is 0.192. The highest BCUT2D eigenvalue weighted by atomic mass is 32.2. The lowest BCUT2D eigenvalue weighted by Gasteiger charge is -2.12. The van der Waals surface area contributed by atoms with Crippen molar-refractivity contribution in [2.75, 3.05) is 25.1 Å². The largest absolute Gasteiger partial charge is 0.380 e. The van der Waals surface area contributed by atoms with E-state index in [2.05, 4.69) is 15.0 Å². The normalized spacial score (nSPS) is 19.5. The van der Waals surface area contributed by atoms with Crippen LogP contribution in [0.2, 0.25) is 0 Å². The molecule has 106 valence electrons. The van der Waals surface area contributed by atoms with Crippen LogP contribution in [0.3, 0.4) is 0 Å². The predicted molar refractivity (Wildman–Crippen MR) is 72.6 cm³/mol. The second kappa shape index (κ2) is 6.31. The monoisotopic (exact) mass is 285 g/mol. The highest BCUT2D eigenvalue weighted by Gasteiger charge is 2.23. The van der Waals surface area contributed by atoms with Gasteiger partial charge in [-0.2, -0.15) is 0 Å². The molecule has 0 spiro atoms. The van der Waals surface area contributed by atoms with Crippen molar-refractivity contribution >= 4 is 15.8 Å². The molecule has 1 unspecified atom stereocenters. The van der Waals surface area contributed by atoms with Crippen LogP contribution >= 0.6 is 0 Å². The van der Waals surface area contributed by atoms with Gasteiger partial charge in [-0.15, -0.1) is 0 Å². The van der Waals surface area contributed by atoms with Gasteiger partial charge >= 0.3 is 0 Å². The molecule has 1 atom stereocenters. The molecule has 0 bridgehead atoms. The smallest absolute Gasteiger partial charge is 0.241 e. The Labute approximate surface area is 113 Å². The fourth-order valence-corrected chi connectivity index (χ4v) is 3.11. The van der Waals surface area contributed by atoms with Crippen LogP contribution in [-0.2, 0) is 14.8 Å². The molecule has 0 radical (unpaired) electrons. The Morgan fingerprint density at radius 1 is 1.53 bits per heavy atom. The summed E-state index contributed by atoms with van der Waals surface area (Å²) in [5.74, 6) is 0.576. The average molecular weight is 285 g/mol. The summed E-state index contributed by atoms with van der Waals surface area (Å²) >= 11 is 0. The first-order valence-electron chi connectivity index (χ1n) is 6.42. The Kier molecular flexibility index (Phi) is 4.73. The number of aromatic nitrogens is 1. The molecule has 7 heteroatoms. The van der Waals surface area contributed by atoms with E-state index in [9.17, 15) is 8.42 Å². The first-order chi connectivity index (χ1) is 9.12. The Balaban J connectivity index is 2.10. The van der Waals surface area contributed by atoms with Gasteiger partial charge < -0.3 is 10.1 Å². The van der Waals surface area contributed by atoms with Gasteiger partial charge in [-0.1, -0.05) is 6.92 Å². The van der Waals surface area contributed by atoms with E-state index in [4.69, 9.17) is 4.74 Å². The van der Waals surface area contributed by atoms with Crippen molar-refractivity contribution in [1.82, 2.24) is 9.71 Å². The minimum Gasteiger partial charge on any atom is -0.380 e. The van der Waals surface area contributed by atoms with Crippen molar-refractivity contribution in [2.24, 2.45) is 0 Å². The maximum Gasteiger partial charge on any atom is 0.241 e. The summed E-state index contributed by atoms with van der Waals surface area (Å²) in [4.78, 5) is 4.32. The third-order valence-electron chi connectivity index (χ3n) is 2.85. The van der Waals surface area contributed by atoms with Crippen LogP contribution in [0.1, 0.15) is 19.8 Å². The SMILES string of the molecule is CCCNc1cc(S(=O)(=O)NC2CCOC2)ccn1. The third-order valence-corrected chi connectivity index (χ3v) is 4.37. The Bertz CT molecular complexity index is 513. The number of nitrogens with one attached hydrogen (secondary N) is 2. The molecule has 2 rings (SSSR count). The lowest BCUT2D eigenvalue weighted by atomic mass is 10.3. The number of hydrogen-bond donors (Lipinski definition) is 2. The summed E-state index contributed by atoms with van der Waals surface area (Å²) < 4.78 is 32.2. The van der Waals surface area contributed by atoms with Gasteiger partial charge in [-0.05, 0) is 18.9 Å². The number of rotatable bonds is 6. The topological polar surface area (TPSA) is 80.3 Å². The minimum atomic E-state index is -3.50. The molecule has 2 N–H and O–H groups in total. The fourth-order valence-electron chi connectivity index (χ4n) is 1.84. The molecule has 19 heavy (non-hydrogen) atoms. The average Bonchev–Trinajstić information content (AvgIpc) is 2.89. The van der Waals surface area contributed by atoms with Gasteiger partial charge in [0.15, 0.2) is 0 Å². The number of ether oxygens (including phenoxy) is 1. The minimum absolute atomic E-state index is 0.134. The Morgan fingerprint density at radius 3 is 3.05 bits per heavy atom. The Morgan fingerprint density at radius 2 is 2.37 bits per heavy atom. The van der Waals surface area contributed by atoms with Crippen molar-refractivity contribution in [3.05, 3.63) is 18.3 Å². The first kappa shape index (κ1) is 14.2. The van der Waals surface area contributed by atoms with E-state index in [1.807, 2.05) is 6.92 Å². The van der Waals surface area contributed by atoms with Gasteiger partial charge in [-0.3, -0.25) is 0 Å². The van der Waals surface area contributed by atoms with E-state index in [1.54, 1.807) is 6.07 Å². The number of pyridine rings is 1. The highest BCUT2D eigenvalue weighted by molar-refractivity contribution is 7.89. The van der Waals surface area contributed by atoms with E-state index < -0.39 is 10.0 Å². The number of nitrogens with zero attached hydrogens (tertiary/aromatic N) is 1. The van der Waals surface area contributed by atoms with Gasteiger partial charge in [0, 0.05) is 31.5 Å². The van der Waals surface area contributed by atoms with E-state index in [0.717, 1.165) is 13.0 Å². The predicted octanol–water partition coefficient (Wildman–Crippen LogP) is 0.971. The van der Waals surface area contributed by atoms with Crippen LogP contribution in [0.4, 0.5) is 5.82 Å². The molecule has 0 amide bonds. The quantitative estimate of drug-likeness (QED) is 0.814. The second-order valence-corrected chi connectivity index (χ2v) is 6.20. The zero-order valence-corrected chi connectivity index (χ0v) is 11.7. The third kappa shape index (κ3) is 3.89. The molecule has 1 aromatic rings. The first-order valence-corrected chi connectivity index (χ1v) is 7.90. The van der Waals surface area contributed by atoms with E-state index in [1.165, 1.54) is 12.3 Å². The standard InChI is InChI=1S/C12H19N3O3S/c1-2-5-13-12-8-11(3-6-14-12)19(16,17)15-10-4-7-18-9-10/h3,6,8,10,15H,2,4-5,7,9H2,1H3,(H,13,14). The zero-order chi connectivity index (χ0) is 13.7. The molecule has 6 nitrogen and oxygen atoms in total. The van der Waals surface area contributed by atoms with Crippen LogP contribution in [-0.4, -0.2) is 39.2 Å². The summed E-state index contributed by atoms with van der Waals surface area (Å²) in [6.07, 6.45) is 3.17. The van der Waals surface area contributed by atoms with Crippen LogP contribution < -0.4 is 10.0 Å². The molecule has 0 aromatic carbocycles. The van der Waals surface area contributed by atoms with Crippen molar-refractivity contribution in [2.45, 2.75) is 30.7 Å². The molecule has 1 saturated heterocycles. The zero-order valence-electron chi connectivity index (χ0n) is 10.9. The number of hydrogen-bond acceptors (Lipinski definition) is 5. The van der Waals surface area contributed by atoms with Gasteiger partial charge in [0.1, 0.15) is 5.82 Å². The summed E-state index contributed by atoms with van der Waals surface area (Å²) in [5, 5.41) is 3.07. The summed E-state index contributed by atoms with van der Waals surface area (Å²) in [5.41, 5.74) is 0. The number of anilines is 1. The van der Waals surface area contributed by atoms with Gasteiger partial charge in [0.25, 0.3) is 0 Å². The summed E-state index contributed by atoms with van der Waals surface area (Å²) in [7, 11) is -3.50. The fraction of sp³-hybridized carbons (Fsp3) is 0.583. The summed E-state index contributed by atoms with van der Waals surface area (Å²) in [6, 6.07) is 2.91. The maximum absolute atomic E-state index is 12.2. The molecule has 1 aliphatic heterocycles. The molecular formula is C12H19N3O3S. The van der Waals surface area contributed by atoms with Crippen molar-refractivity contribution in [1.29, 1.82) is 0 Å². The van der Waals surface area contributed by atoms with Crippen molar-refractivity contribution < 1.29 is 13.2 Å². The molecule has 0 aliphatic carbocycles. The van der Waals surface area contributed by atoms with Gasteiger partial charge in [0.2, 0.25) is 10.0 Å². The van der Waals surface area contributed by atoms with Crippen LogP contribution in [0.15, 0.2) is 23.2 Å². The van der Waals surface area contributed by atoms with Crippen LogP contribution in [0.25, 0.3) is 0 Å². The molecule has 2 heterocycles. The second-order valence-electron chi connectivity index (χ2n) is 4.49. The van der Waals surface area contributed by atoms with E-state index in [0.29, 0.717) is 25.5 Å². The summed E-state index contributed by atoms with van der Waals surface area (Å²) in [6.45, 7) is 3.84.